The van der Waals surface area contributed by atoms with Crippen molar-refractivity contribution in [2.24, 2.45) is 5.73 Å². The van der Waals surface area contributed by atoms with E-state index in [2.05, 4.69) is 4.98 Å². The Morgan fingerprint density at radius 3 is 2.88 bits per heavy atom. The molecule has 1 aliphatic rings. The number of carboxylic acids is 1. The van der Waals surface area contributed by atoms with Crippen molar-refractivity contribution in [1.29, 1.82) is 0 Å². The molecule has 0 saturated carbocycles. The SMILES string of the molecule is Cc1nc2n(c1[N+](=O)[O-])CCC(N)(C(=O)O)C2. The van der Waals surface area contributed by atoms with Crippen molar-refractivity contribution in [3.8, 4) is 0 Å². The lowest BCUT2D eigenvalue weighted by molar-refractivity contribution is -0.393. The third kappa shape index (κ3) is 1.66. The summed E-state index contributed by atoms with van der Waals surface area (Å²) in [5.74, 6) is -0.815. The maximum atomic E-state index is 11.0. The number of aryl methyl sites for hydroxylation is 1. The van der Waals surface area contributed by atoms with E-state index < -0.39 is 16.4 Å². The molecule has 2 rings (SSSR count). The predicted octanol–water partition coefficient (Wildman–Crippen LogP) is -0.172. The number of aromatic nitrogens is 2. The van der Waals surface area contributed by atoms with E-state index >= 15 is 0 Å². The molecule has 8 nitrogen and oxygen atoms in total. The minimum absolute atomic E-state index is 0.0109. The second-order valence-corrected chi connectivity index (χ2v) is 4.23. The Bertz CT molecular complexity index is 509. The first-order valence-electron chi connectivity index (χ1n) is 5.08. The fraction of sp³-hybridized carbons (Fsp3) is 0.556. The molecule has 0 spiro atoms. The highest BCUT2D eigenvalue weighted by Crippen LogP contribution is 2.29. The Balaban J connectivity index is 2.45. The first-order chi connectivity index (χ1) is 7.85. The van der Waals surface area contributed by atoms with Crippen LogP contribution in [0.25, 0.3) is 0 Å². The number of rotatable bonds is 2. The van der Waals surface area contributed by atoms with Crippen LogP contribution < -0.4 is 5.73 Å². The van der Waals surface area contributed by atoms with Gasteiger partial charge in [-0.05, 0) is 11.8 Å². The van der Waals surface area contributed by atoms with Gasteiger partial charge in [-0.3, -0.25) is 4.79 Å². The minimum atomic E-state index is -1.37. The van der Waals surface area contributed by atoms with E-state index in [0.717, 1.165) is 0 Å². The molecular formula is C9H12N4O4. The van der Waals surface area contributed by atoms with Crippen LogP contribution in [0.2, 0.25) is 0 Å². The summed E-state index contributed by atoms with van der Waals surface area (Å²) in [4.78, 5) is 25.4. The number of nitrogens with zero attached hydrogens (tertiary/aromatic N) is 3. The zero-order valence-corrected chi connectivity index (χ0v) is 9.21. The number of carbonyl (C=O) groups is 1. The molecule has 2 heterocycles. The van der Waals surface area contributed by atoms with E-state index in [-0.39, 0.29) is 25.2 Å². The maximum Gasteiger partial charge on any atom is 0.345 e. The van der Waals surface area contributed by atoms with Crippen molar-refractivity contribution in [3.63, 3.8) is 0 Å². The molecule has 8 heteroatoms. The Morgan fingerprint density at radius 2 is 2.35 bits per heavy atom. The fourth-order valence-electron chi connectivity index (χ4n) is 2.09. The average molecular weight is 240 g/mol. The Labute approximate surface area is 96.2 Å². The van der Waals surface area contributed by atoms with Crippen molar-refractivity contribution in [2.75, 3.05) is 0 Å². The van der Waals surface area contributed by atoms with Gasteiger partial charge >= 0.3 is 11.8 Å². The number of carboxylic acid groups (broad SMARTS) is 1. The molecular weight excluding hydrogens is 228 g/mol. The average Bonchev–Trinajstić information content (AvgIpc) is 2.52. The molecule has 1 aliphatic heterocycles. The quantitative estimate of drug-likeness (QED) is 0.546. The van der Waals surface area contributed by atoms with Gasteiger partial charge in [0.05, 0.1) is 13.0 Å². The number of fused-ring (bicyclic) bond motifs is 1. The van der Waals surface area contributed by atoms with Crippen molar-refractivity contribution in [1.82, 2.24) is 9.55 Å². The first kappa shape index (κ1) is 11.5. The monoisotopic (exact) mass is 240 g/mol. The molecule has 1 aromatic heterocycles. The summed E-state index contributed by atoms with van der Waals surface area (Å²) in [5, 5.41) is 19.9. The lowest BCUT2D eigenvalue weighted by atomic mass is 9.89. The van der Waals surface area contributed by atoms with Crippen molar-refractivity contribution in [3.05, 3.63) is 21.6 Å². The second kappa shape index (κ2) is 3.52. The van der Waals surface area contributed by atoms with Crippen LogP contribution >= 0.6 is 0 Å². The molecule has 0 amide bonds. The number of imidazole rings is 1. The Hall–Kier alpha value is -1.96. The summed E-state index contributed by atoms with van der Waals surface area (Å²) in [6, 6.07) is 0. The maximum absolute atomic E-state index is 11.0. The summed E-state index contributed by atoms with van der Waals surface area (Å²) >= 11 is 0. The molecule has 0 bridgehead atoms. The molecule has 0 fully saturated rings. The second-order valence-electron chi connectivity index (χ2n) is 4.23. The van der Waals surface area contributed by atoms with Crippen LogP contribution in [0.15, 0.2) is 0 Å². The van der Waals surface area contributed by atoms with E-state index in [1.54, 1.807) is 0 Å². The summed E-state index contributed by atoms with van der Waals surface area (Å²) < 4.78 is 1.43. The minimum Gasteiger partial charge on any atom is -0.480 e. The number of nitro groups is 1. The largest absolute Gasteiger partial charge is 0.480 e. The van der Waals surface area contributed by atoms with E-state index in [0.29, 0.717) is 11.5 Å². The first-order valence-corrected chi connectivity index (χ1v) is 5.08. The van der Waals surface area contributed by atoms with Crippen molar-refractivity contribution < 1.29 is 14.8 Å². The molecule has 17 heavy (non-hydrogen) atoms. The van der Waals surface area contributed by atoms with E-state index in [1.807, 2.05) is 0 Å². The van der Waals surface area contributed by atoms with Crippen LogP contribution in [0.5, 0.6) is 0 Å². The topological polar surface area (TPSA) is 124 Å². The van der Waals surface area contributed by atoms with Gasteiger partial charge < -0.3 is 21.0 Å². The summed E-state index contributed by atoms with van der Waals surface area (Å²) in [5.41, 5.74) is 4.65. The van der Waals surface area contributed by atoms with Gasteiger partial charge in [0, 0.05) is 6.42 Å². The molecule has 3 N–H and O–H groups in total. The van der Waals surface area contributed by atoms with Crippen molar-refractivity contribution >= 4 is 11.8 Å². The number of hydrogen-bond acceptors (Lipinski definition) is 5. The van der Waals surface area contributed by atoms with E-state index in [4.69, 9.17) is 10.8 Å². The van der Waals surface area contributed by atoms with Crippen LogP contribution in [0.4, 0.5) is 5.82 Å². The van der Waals surface area contributed by atoms with Crippen LogP contribution in [-0.2, 0) is 17.8 Å². The highest BCUT2D eigenvalue weighted by molar-refractivity contribution is 5.79. The molecule has 0 radical (unpaired) electrons. The smallest absolute Gasteiger partial charge is 0.345 e. The summed E-state index contributed by atoms with van der Waals surface area (Å²) in [6.07, 6.45) is 0.170. The molecule has 1 atom stereocenters. The zero-order chi connectivity index (χ0) is 12.8. The standard InChI is InChI=1S/C9H12N4O4/c1-5-7(13(16)17)12-3-2-9(10,8(14)15)4-6(12)11-5/h2-4,10H2,1H3,(H,14,15). The van der Waals surface area contributed by atoms with Crippen molar-refractivity contribution in [2.45, 2.75) is 31.8 Å². The lowest BCUT2D eigenvalue weighted by Crippen LogP contribution is -2.53. The predicted molar refractivity (Wildman–Crippen MR) is 56.5 cm³/mol. The lowest BCUT2D eigenvalue weighted by Gasteiger charge is -2.26. The van der Waals surface area contributed by atoms with Gasteiger partial charge in [-0.25, -0.2) is 9.55 Å². The zero-order valence-electron chi connectivity index (χ0n) is 9.21. The highest BCUT2D eigenvalue weighted by Gasteiger charge is 2.43. The van der Waals surface area contributed by atoms with Gasteiger partial charge in [0.25, 0.3) is 0 Å². The number of aliphatic carboxylic acids is 1. The van der Waals surface area contributed by atoms with E-state index in [9.17, 15) is 14.9 Å². The van der Waals surface area contributed by atoms with E-state index in [1.165, 1.54) is 11.5 Å². The molecule has 0 aliphatic carbocycles. The molecule has 0 aromatic carbocycles. The van der Waals surface area contributed by atoms with Crippen LogP contribution in [0.3, 0.4) is 0 Å². The Kier molecular flexibility index (Phi) is 2.39. The molecule has 0 saturated heterocycles. The third-order valence-electron chi connectivity index (χ3n) is 3.04. The molecule has 1 aromatic rings. The summed E-state index contributed by atoms with van der Waals surface area (Å²) in [7, 11) is 0. The van der Waals surface area contributed by atoms with Gasteiger partial charge in [0.15, 0.2) is 5.82 Å². The number of nitrogens with two attached hydrogens (primary N) is 1. The van der Waals surface area contributed by atoms with Crippen LogP contribution in [-0.4, -0.2) is 31.1 Å². The van der Waals surface area contributed by atoms with Gasteiger partial charge in [0.2, 0.25) is 0 Å². The van der Waals surface area contributed by atoms with Gasteiger partial charge in [0.1, 0.15) is 11.2 Å². The fourth-order valence-corrected chi connectivity index (χ4v) is 2.09. The third-order valence-corrected chi connectivity index (χ3v) is 3.04. The van der Waals surface area contributed by atoms with Crippen LogP contribution in [0.1, 0.15) is 17.9 Å². The van der Waals surface area contributed by atoms with Gasteiger partial charge in [-0.1, -0.05) is 0 Å². The molecule has 1 unspecified atom stereocenters. The Morgan fingerprint density at radius 1 is 1.71 bits per heavy atom. The van der Waals surface area contributed by atoms with Gasteiger partial charge in [-0.2, -0.15) is 0 Å². The van der Waals surface area contributed by atoms with Crippen LogP contribution in [0, 0.1) is 17.0 Å². The normalized spacial score (nSPS) is 23.2. The van der Waals surface area contributed by atoms with Gasteiger partial charge in [-0.15, -0.1) is 0 Å². The highest BCUT2D eigenvalue weighted by atomic mass is 16.6. The molecule has 92 valence electrons. The summed E-state index contributed by atoms with van der Waals surface area (Å²) in [6.45, 7) is 1.73. The number of hydrogen-bond donors (Lipinski definition) is 2.